The van der Waals surface area contributed by atoms with E-state index in [0.29, 0.717) is 23.6 Å². The van der Waals surface area contributed by atoms with Crippen LogP contribution in [0.4, 0.5) is 16.4 Å². The van der Waals surface area contributed by atoms with Gasteiger partial charge in [-0.15, -0.1) is 0 Å². The van der Waals surface area contributed by atoms with E-state index in [4.69, 9.17) is 5.73 Å². The number of urea groups is 1. The Bertz CT molecular complexity index is 910. The lowest BCUT2D eigenvalue weighted by Crippen LogP contribution is -2.29. The maximum atomic E-state index is 12.1. The largest absolute Gasteiger partial charge is 0.384 e. The number of pyridine rings is 1. The van der Waals surface area contributed by atoms with Gasteiger partial charge in [0.05, 0.1) is 5.69 Å². The van der Waals surface area contributed by atoms with Crippen molar-refractivity contribution >= 4 is 27.5 Å². The highest BCUT2D eigenvalue weighted by molar-refractivity contribution is 7.91. The molecule has 9 nitrogen and oxygen atoms in total. The molecule has 0 saturated heterocycles. The molecule has 26 heavy (non-hydrogen) atoms. The van der Waals surface area contributed by atoms with Gasteiger partial charge in [-0.1, -0.05) is 0 Å². The standard InChI is InChI=1S/C16H22N6O3S/c1-5-18-15(23)22-13-7-6-10(9-19-13)14-20-11(8-12(17)21-14)16(2,3)26(4,24)25/h6-9H,5H2,1-4H3,(H2,17,20,21)(H2,18,19,22,23). The van der Waals surface area contributed by atoms with Crippen LogP contribution in [0.5, 0.6) is 0 Å². The lowest BCUT2D eigenvalue weighted by atomic mass is 10.1. The molecule has 4 N–H and O–H groups in total. The third kappa shape index (κ3) is 4.26. The number of hydrogen-bond donors (Lipinski definition) is 3. The first-order valence-electron chi connectivity index (χ1n) is 7.90. The van der Waals surface area contributed by atoms with Crippen LogP contribution < -0.4 is 16.4 Å². The van der Waals surface area contributed by atoms with Gasteiger partial charge in [0.2, 0.25) is 0 Å². The third-order valence-corrected chi connectivity index (χ3v) is 5.95. The predicted molar refractivity (Wildman–Crippen MR) is 100 cm³/mol. The van der Waals surface area contributed by atoms with Crippen molar-refractivity contribution in [2.24, 2.45) is 0 Å². The van der Waals surface area contributed by atoms with Gasteiger partial charge < -0.3 is 11.1 Å². The molecule has 0 bridgehead atoms. The zero-order valence-electron chi connectivity index (χ0n) is 15.1. The summed E-state index contributed by atoms with van der Waals surface area (Å²) in [6, 6.07) is 4.35. The molecule has 0 radical (unpaired) electrons. The van der Waals surface area contributed by atoms with Crippen molar-refractivity contribution in [1.29, 1.82) is 0 Å². The molecule has 0 aromatic carbocycles. The fraction of sp³-hybridized carbons (Fsp3) is 0.375. The molecule has 0 unspecified atom stereocenters. The molecule has 0 saturated carbocycles. The van der Waals surface area contributed by atoms with Crippen LogP contribution in [0, 0.1) is 0 Å². The van der Waals surface area contributed by atoms with E-state index in [2.05, 4.69) is 25.6 Å². The number of hydrogen-bond acceptors (Lipinski definition) is 7. The number of nitrogens with zero attached hydrogens (tertiary/aromatic N) is 3. The van der Waals surface area contributed by atoms with Gasteiger partial charge in [-0.2, -0.15) is 0 Å². The second-order valence-electron chi connectivity index (χ2n) is 6.20. The quantitative estimate of drug-likeness (QED) is 0.717. The molecule has 2 aromatic heterocycles. The molecule has 0 spiro atoms. The molecule has 2 heterocycles. The number of rotatable bonds is 5. The third-order valence-electron chi connectivity index (χ3n) is 3.89. The minimum atomic E-state index is -3.41. The molecule has 0 atom stereocenters. The fourth-order valence-corrected chi connectivity index (χ4v) is 2.50. The Balaban J connectivity index is 2.36. The topological polar surface area (TPSA) is 140 Å². The van der Waals surface area contributed by atoms with Gasteiger partial charge in [-0.05, 0) is 32.9 Å². The second kappa shape index (κ2) is 7.24. The second-order valence-corrected chi connectivity index (χ2v) is 8.77. The lowest BCUT2D eigenvalue weighted by Gasteiger charge is -2.22. The van der Waals surface area contributed by atoms with E-state index in [1.807, 2.05) is 6.92 Å². The Labute approximate surface area is 152 Å². The molecule has 10 heteroatoms. The summed E-state index contributed by atoms with van der Waals surface area (Å²) in [5.41, 5.74) is 6.68. The SMILES string of the molecule is CCNC(=O)Nc1ccc(-c2nc(N)cc(C(C)(C)S(C)(=O)=O)n2)cn1. The first kappa shape index (κ1) is 19.6. The first-order valence-corrected chi connectivity index (χ1v) is 9.79. The molecule has 0 aliphatic heterocycles. The average molecular weight is 378 g/mol. The minimum Gasteiger partial charge on any atom is -0.384 e. The number of nitrogens with two attached hydrogens (primary N) is 1. The summed E-state index contributed by atoms with van der Waals surface area (Å²) in [4.78, 5) is 24.1. The van der Waals surface area contributed by atoms with E-state index >= 15 is 0 Å². The average Bonchev–Trinajstić information content (AvgIpc) is 2.54. The highest BCUT2D eigenvalue weighted by atomic mass is 32.2. The molecule has 0 aliphatic carbocycles. The van der Waals surface area contributed by atoms with Crippen molar-refractivity contribution in [2.75, 3.05) is 23.9 Å². The van der Waals surface area contributed by atoms with Gasteiger partial charge in [0.1, 0.15) is 16.4 Å². The van der Waals surface area contributed by atoms with E-state index in [9.17, 15) is 13.2 Å². The Morgan fingerprint density at radius 2 is 1.96 bits per heavy atom. The molecule has 0 fully saturated rings. The highest BCUT2D eigenvalue weighted by Crippen LogP contribution is 2.30. The summed E-state index contributed by atoms with van der Waals surface area (Å²) in [6.07, 6.45) is 2.63. The number of carbonyl (C=O) groups excluding carboxylic acids is 1. The number of amides is 2. The molecular formula is C16H22N6O3S. The zero-order chi connectivity index (χ0) is 19.5. The molecule has 2 amide bonds. The number of anilines is 2. The normalized spacial score (nSPS) is 11.8. The number of nitrogen functional groups attached to an aromatic ring is 1. The number of aromatic nitrogens is 3. The summed E-state index contributed by atoms with van der Waals surface area (Å²) in [5.74, 6) is 0.778. The molecule has 2 rings (SSSR count). The van der Waals surface area contributed by atoms with Gasteiger partial charge in [0, 0.05) is 30.6 Å². The summed E-state index contributed by atoms with van der Waals surface area (Å²) < 4.78 is 22.9. The monoisotopic (exact) mass is 378 g/mol. The lowest BCUT2D eigenvalue weighted by molar-refractivity contribution is 0.252. The first-order chi connectivity index (χ1) is 12.0. The van der Waals surface area contributed by atoms with Crippen LogP contribution in [0.2, 0.25) is 0 Å². The van der Waals surface area contributed by atoms with Crippen LogP contribution in [-0.4, -0.2) is 42.2 Å². The van der Waals surface area contributed by atoms with Gasteiger partial charge in [0.25, 0.3) is 0 Å². The minimum absolute atomic E-state index is 0.159. The zero-order valence-corrected chi connectivity index (χ0v) is 15.9. The van der Waals surface area contributed by atoms with E-state index in [1.165, 1.54) is 12.3 Å². The maximum Gasteiger partial charge on any atom is 0.320 e. The van der Waals surface area contributed by atoms with Crippen LogP contribution in [0.1, 0.15) is 26.5 Å². The molecule has 2 aromatic rings. The smallest absolute Gasteiger partial charge is 0.320 e. The van der Waals surface area contributed by atoms with Gasteiger partial charge in [-0.3, -0.25) is 5.32 Å². The van der Waals surface area contributed by atoms with Gasteiger partial charge in [0.15, 0.2) is 15.7 Å². The molecular weight excluding hydrogens is 356 g/mol. The molecule has 140 valence electrons. The van der Waals surface area contributed by atoms with Crippen molar-refractivity contribution in [3.63, 3.8) is 0 Å². The van der Waals surface area contributed by atoms with Crippen molar-refractivity contribution in [3.05, 3.63) is 30.1 Å². The van der Waals surface area contributed by atoms with E-state index in [-0.39, 0.29) is 17.7 Å². The number of nitrogens with one attached hydrogen (secondary N) is 2. The summed E-state index contributed by atoms with van der Waals surface area (Å²) in [6.45, 7) is 5.43. The predicted octanol–water partition coefficient (Wildman–Crippen LogP) is 1.54. The van der Waals surface area contributed by atoms with Gasteiger partial charge in [-0.25, -0.2) is 28.2 Å². The van der Waals surface area contributed by atoms with Gasteiger partial charge >= 0.3 is 6.03 Å². The Morgan fingerprint density at radius 3 is 2.50 bits per heavy atom. The summed E-state index contributed by atoms with van der Waals surface area (Å²) >= 11 is 0. The van der Waals surface area contributed by atoms with Crippen molar-refractivity contribution in [1.82, 2.24) is 20.3 Å². The van der Waals surface area contributed by atoms with Crippen molar-refractivity contribution < 1.29 is 13.2 Å². The van der Waals surface area contributed by atoms with Crippen molar-refractivity contribution in [3.8, 4) is 11.4 Å². The van der Waals surface area contributed by atoms with Crippen molar-refractivity contribution in [2.45, 2.75) is 25.5 Å². The Morgan fingerprint density at radius 1 is 1.27 bits per heavy atom. The number of carbonyl (C=O) groups is 1. The van der Waals surface area contributed by atoms with Crippen LogP contribution in [0.3, 0.4) is 0 Å². The van der Waals surface area contributed by atoms with E-state index < -0.39 is 14.6 Å². The fourth-order valence-electron chi connectivity index (χ4n) is 2.01. The summed E-state index contributed by atoms with van der Waals surface area (Å²) in [5, 5.41) is 5.18. The molecule has 0 aliphatic rings. The summed E-state index contributed by atoms with van der Waals surface area (Å²) in [7, 11) is -3.41. The Kier molecular flexibility index (Phi) is 5.45. The van der Waals surface area contributed by atoms with E-state index in [0.717, 1.165) is 6.26 Å². The highest BCUT2D eigenvalue weighted by Gasteiger charge is 2.34. The Hall–Kier alpha value is -2.75. The van der Waals surface area contributed by atoms with E-state index in [1.54, 1.807) is 26.0 Å². The maximum absolute atomic E-state index is 12.1. The van der Waals surface area contributed by atoms with Crippen LogP contribution in [0.25, 0.3) is 11.4 Å². The van der Waals surface area contributed by atoms with Crippen LogP contribution >= 0.6 is 0 Å². The number of sulfone groups is 1. The van der Waals surface area contributed by atoms with Crippen LogP contribution in [0.15, 0.2) is 24.4 Å². The van der Waals surface area contributed by atoms with Crippen LogP contribution in [-0.2, 0) is 14.6 Å².